The molecule has 1 N–H and O–H groups in total. The van der Waals surface area contributed by atoms with Crippen LogP contribution in [0.15, 0.2) is 35.2 Å². The molecule has 0 saturated carbocycles. The molecular weight excluding hydrogens is 534 g/mol. The van der Waals surface area contributed by atoms with Crippen molar-refractivity contribution in [1.82, 2.24) is 14.2 Å². The van der Waals surface area contributed by atoms with Crippen LogP contribution in [0.4, 0.5) is 5.69 Å². The number of likely N-dealkylation sites (tertiary alicyclic amines) is 1. The Balaban J connectivity index is 1.36. The Labute approximate surface area is 242 Å². The monoisotopic (exact) mass is 571 g/mol. The molecule has 0 unspecified atom stereocenters. The number of aromatic amines is 1. The molecule has 0 atom stereocenters. The molecule has 8 nitrogen and oxygen atoms in total. The first-order valence-electron chi connectivity index (χ1n) is 15.0. The van der Waals surface area contributed by atoms with Crippen LogP contribution in [0.5, 0.6) is 0 Å². The zero-order chi connectivity index (χ0) is 28.5. The highest BCUT2D eigenvalue weighted by molar-refractivity contribution is 7.89. The van der Waals surface area contributed by atoms with E-state index in [2.05, 4.69) is 34.7 Å². The minimum absolute atomic E-state index is 0.164. The number of benzene rings is 2. The predicted molar refractivity (Wildman–Crippen MR) is 159 cm³/mol. The molecule has 4 heterocycles. The average molecular weight is 572 g/mol. The van der Waals surface area contributed by atoms with E-state index in [-0.39, 0.29) is 10.7 Å². The Morgan fingerprint density at radius 1 is 0.951 bits per heavy atom. The molecule has 41 heavy (non-hydrogen) atoms. The summed E-state index contributed by atoms with van der Waals surface area (Å²) in [7, 11) is -3.77. The second-order valence-corrected chi connectivity index (χ2v) is 14.5. The van der Waals surface area contributed by atoms with Crippen LogP contribution in [0.3, 0.4) is 0 Å². The molecule has 3 aliphatic heterocycles. The summed E-state index contributed by atoms with van der Waals surface area (Å²) in [5.41, 5.74) is 4.13. The summed E-state index contributed by atoms with van der Waals surface area (Å²) in [6.07, 6.45) is 6.26. The van der Waals surface area contributed by atoms with Crippen molar-refractivity contribution in [1.29, 1.82) is 5.26 Å². The standard InChI is InChI=1S/C32H37N5O3S/c1-32(2)25-19-27(36-15-9-22(10-16-36)35-11-3-4-12-35)28(41(39,40)37-13-5-6-14-37)18-24(25)30(38)29-23-8-7-21(20-33)17-26(23)34-31(29)32/h7-8,17-19,22,34H,3-6,9-16H2,1-2H3. The van der Waals surface area contributed by atoms with E-state index >= 15 is 0 Å². The van der Waals surface area contributed by atoms with E-state index in [1.165, 1.54) is 12.8 Å². The predicted octanol–water partition coefficient (Wildman–Crippen LogP) is 4.76. The average Bonchev–Trinajstić information content (AvgIpc) is 3.77. The van der Waals surface area contributed by atoms with Gasteiger partial charge in [-0.2, -0.15) is 9.57 Å². The van der Waals surface area contributed by atoms with Gasteiger partial charge in [0, 0.05) is 59.8 Å². The lowest BCUT2D eigenvalue weighted by atomic mass is 9.71. The van der Waals surface area contributed by atoms with Gasteiger partial charge in [-0.25, -0.2) is 8.42 Å². The number of ketones is 1. The number of rotatable bonds is 4. The molecule has 0 bridgehead atoms. The number of hydrogen-bond donors (Lipinski definition) is 1. The van der Waals surface area contributed by atoms with E-state index in [1.54, 1.807) is 22.5 Å². The van der Waals surface area contributed by atoms with E-state index < -0.39 is 15.4 Å². The van der Waals surface area contributed by atoms with Gasteiger partial charge < -0.3 is 14.8 Å². The van der Waals surface area contributed by atoms with Crippen molar-refractivity contribution in [3.8, 4) is 6.07 Å². The van der Waals surface area contributed by atoms with Gasteiger partial charge >= 0.3 is 0 Å². The van der Waals surface area contributed by atoms with Crippen LogP contribution < -0.4 is 4.90 Å². The van der Waals surface area contributed by atoms with Crippen LogP contribution in [-0.2, 0) is 15.4 Å². The Hall–Kier alpha value is -3.19. The van der Waals surface area contributed by atoms with Crippen molar-refractivity contribution in [3.63, 3.8) is 0 Å². The summed E-state index contributed by atoms with van der Waals surface area (Å²) in [5, 5.41) is 10.2. The summed E-state index contributed by atoms with van der Waals surface area (Å²) in [6.45, 7) is 9.14. The van der Waals surface area contributed by atoms with Crippen molar-refractivity contribution in [2.75, 3.05) is 44.2 Å². The number of nitrogens with zero attached hydrogens (tertiary/aromatic N) is 4. The zero-order valence-electron chi connectivity index (χ0n) is 23.9. The lowest BCUT2D eigenvalue weighted by Crippen LogP contribution is -2.44. The van der Waals surface area contributed by atoms with Gasteiger partial charge in [0.1, 0.15) is 4.90 Å². The normalized spacial score (nSPS) is 21.8. The highest BCUT2D eigenvalue weighted by Crippen LogP contribution is 2.47. The van der Waals surface area contributed by atoms with E-state index in [0.717, 1.165) is 79.7 Å². The smallest absolute Gasteiger partial charge is 0.245 e. The summed E-state index contributed by atoms with van der Waals surface area (Å²) < 4.78 is 29.9. The first-order valence-corrected chi connectivity index (χ1v) is 16.4. The molecular formula is C32H37N5O3S. The number of carbonyl (C=O) groups is 1. The molecule has 0 amide bonds. The highest BCUT2D eigenvalue weighted by atomic mass is 32.2. The Morgan fingerprint density at radius 2 is 1.63 bits per heavy atom. The van der Waals surface area contributed by atoms with E-state index in [1.807, 2.05) is 12.1 Å². The van der Waals surface area contributed by atoms with E-state index in [0.29, 0.717) is 35.8 Å². The molecule has 3 saturated heterocycles. The SMILES string of the molecule is CC1(C)c2cc(N3CCC(N4CCCC4)CC3)c(S(=O)(=O)N3CCCC3)cc2C(=O)c2c1[nH]c1cc(C#N)ccc21. The molecule has 1 aromatic heterocycles. The van der Waals surface area contributed by atoms with Crippen molar-refractivity contribution in [2.24, 2.45) is 0 Å². The second-order valence-electron chi connectivity index (χ2n) is 12.6. The van der Waals surface area contributed by atoms with Gasteiger partial charge in [0.05, 0.1) is 22.9 Å². The van der Waals surface area contributed by atoms with Crippen LogP contribution in [0.2, 0.25) is 0 Å². The van der Waals surface area contributed by atoms with Crippen LogP contribution in [-0.4, -0.2) is 73.7 Å². The molecule has 0 spiro atoms. The lowest BCUT2D eigenvalue weighted by molar-refractivity contribution is 0.103. The largest absolute Gasteiger partial charge is 0.370 e. The molecule has 3 fully saturated rings. The number of piperidine rings is 1. The van der Waals surface area contributed by atoms with Gasteiger partial charge in [-0.05, 0) is 81.4 Å². The van der Waals surface area contributed by atoms with Crippen LogP contribution in [0.25, 0.3) is 10.9 Å². The quantitative estimate of drug-likeness (QED) is 0.485. The lowest BCUT2D eigenvalue weighted by Gasteiger charge is -2.40. The number of nitrogens with one attached hydrogen (secondary N) is 1. The molecule has 9 heteroatoms. The molecule has 214 valence electrons. The van der Waals surface area contributed by atoms with E-state index in [9.17, 15) is 18.5 Å². The second kappa shape index (κ2) is 9.69. The number of aromatic nitrogens is 1. The van der Waals surface area contributed by atoms with Crippen LogP contribution in [0.1, 0.15) is 85.1 Å². The minimum atomic E-state index is -3.77. The fourth-order valence-corrected chi connectivity index (χ4v) is 9.35. The summed E-state index contributed by atoms with van der Waals surface area (Å²) in [6, 6.07) is 11.7. The summed E-state index contributed by atoms with van der Waals surface area (Å²) in [5.74, 6) is -0.164. The first kappa shape index (κ1) is 26.7. The van der Waals surface area contributed by atoms with Crippen LogP contribution in [0, 0.1) is 11.3 Å². The van der Waals surface area contributed by atoms with Crippen molar-refractivity contribution in [2.45, 2.75) is 68.7 Å². The fraction of sp³-hybridized carbons (Fsp3) is 0.500. The van der Waals surface area contributed by atoms with Gasteiger partial charge in [-0.15, -0.1) is 0 Å². The maximum absolute atomic E-state index is 14.2. The molecule has 7 rings (SSSR count). The van der Waals surface area contributed by atoms with Gasteiger partial charge in [0.25, 0.3) is 0 Å². The molecule has 3 aromatic rings. The summed E-state index contributed by atoms with van der Waals surface area (Å²) in [4.78, 5) is 22.8. The number of sulfonamides is 1. The maximum Gasteiger partial charge on any atom is 0.245 e. The zero-order valence-corrected chi connectivity index (χ0v) is 24.7. The third kappa shape index (κ3) is 4.14. The Morgan fingerprint density at radius 3 is 2.32 bits per heavy atom. The van der Waals surface area contributed by atoms with Crippen molar-refractivity contribution in [3.05, 3.63) is 58.3 Å². The Kier molecular flexibility index (Phi) is 6.31. The van der Waals surface area contributed by atoms with E-state index in [4.69, 9.17) is 0 Å². The number of hydrogen-bond acceptors (Lipinski definition) is 6. The highest BCUT2D eigenvalue weighted by Gasteiger charge is 2.43. The van der Waals surface area contributed by atoms with Crippen molar-refractivity contribution >= 4 is 32.4 Å². The van der Waals surface area contributed by atoms with Crippen molar-refractivity contribution < 1.29 is 13.2 Å². The molecule has 2 aromatic carbocycles. The molecule has 0 radical (unpaired) electrons. The number of nitriles is 1. The van der Waals surface area contributed by atoms with Crippen LogP contribution >= 0.6 is 0 Å². The molecule has 1 aliphatic carbocycles. The fourth-order valence-electron chi connectivity index (χ4n) is 7.61. The van der Waals surface area contributed by atoms with Gasteiger partial charge in [-0.3, -0.25) is 4.79 Å². The number of anilines is 1. The van der Waals surface area contributed by atoms with Gasteiger partial charge in [-0.1, -0.05) is 19.9 Å². The Bertz CT molecular complexity index is 1700. The minimum Gasteiger partial charge on any atom is -0.370 e. The topological polar surface area (TPSA) is 101 Å². The summed E-state index contributed by atoms with van der Waals surface area (Å²) >= 11 is 0. The van der Waals surface area contributed by atoms with Gasteiger partial charge in [0.2, 0.25) is 10.0 Å². The number of fused-ring (bicyclic) bond motifs is 4. The maximum atomic E-state index is 14.2. The third-order valence-corrected chi connectivity index (χ3v) is 11.9. The number of carbonyl (C=O) groups excluding carboxylic acids is 1. The third-order valence-electron chi connectivity index (χ3n) is 9.94. The van der Waals surface area contributed by atoms with Gasteiger partial charge in [0.15, 0.2) is 5.78 Å². The molecule has 4 aliphatic rings. The number of H-pyrrole nitrogens is 1. The first-order chi connectivity index (χ1) is 19.7.